The summed E-state index contributed by atoms with van der Waals surface area (Å²) in [4.78, 5) is 22.7. The van der Waals surface area contributed by atoms with E-state index in [0.29, 0.717) is 6.61 Å². The first-order valence-corrected chi connectivity index (χ1v) is 4.34. The Hall–Kier alpha value is -0.900. The molecule has 1 heterocycles. The Morgan fingerprint density at radius 3 is 2.69 bits per heavy atom. The van der Waals surface area contributed by atoms with Crippen LogP contribution in [0.3, 0.4) is 0 Å². The highest BCUT2D eigenvalue weighted by atomic mass is 16.5. The number of Topliss-reactive ketones (excluding diaryl/α,β-unsaturated/α-hetero) is 1. The van der Waals surface area contributed by atoms with E-state index in [-0.39, 0.29) is 12.4 Å². The molecule has 4 nitrogen and oxygen atoms in total. The molecule has 1 atom stereocenters. The number of ether oxygens (including phenoxy) is 2. The Labute approximate surface area is 77.2 Å². The number of hydrogen-bond donors (Lipinski definition) is 0. The van der Waals surface area contributed by atoms with Crippen molar-refractivity contribution in [2.24, 2.45) is 5.92 Å². The monoisotopic (exact) mass is 186 g/mol. The van der Waals surface area contributed by atoms with Crippen LogP contribution in [-0.2, 0) is 19.1 Å². The van der Waals surface area contributed by atoms with Crippen molar-refractivity contribution in [2.45, 2.75) is 26.4 Å². The number of hydrogen-bond acceptors (Lipinski definition) is 4. The zero-order valence-corrected chi connectivity index (χ0v) is 8.12. The molecule has 4 heteroatoms. The Morgan fingerprint density at radius 2 is 2.31 bits per heavy atom. The maximum atomic E-state index is 11.5. The van der Waals surface area contributed by atoms with Gasteiger partial charge in [0, 0.05) is 0 Å². The molecule has 0 radical (unpaired) electrons. The predicted octanol–water partition coefficient (Wildman–Crippen LogP) is 0.544. The molecule has 1 rings (SSSR count). The van der Waals surface area contributed by atoms with Gasteiger partial charge in [0.15, 0.2) is 5.78 Å². The van der Waals surface area contributed by atoms with E-state index in [1.54, 1.807) is 20.8 Å². The van der Waals surface area contributed by atoms with Gasteiger partial charge in [0.25, 0.3) is 0 Å². The number of ketones is 1. The Morgan fingerprint density at radius 1 is 1.69 bits per heavy atom. The summed E-state index contributed by atoms with van der Waals surface area (Å²) in [6, 6.07) is 0. The molecule has 0 saturated carbocycles. The summed E-state index contributed by atoms with van der Waals surface area (Å²) in [5.74, 6) is -1.39. The molecule has 0 unspecified atom stereocenters. The lowest BCUT2D eigenvalue weighted by atomic mass is 9.96. The van der Waals surface area contributed by atoms with Crippen LogP contribution >= 0.6 is 0 Å². The minimum absolute atomic E-state index is 0.144. The lowest BCUT2D eigenvalue weighted by molar-refractivity contribution is -0.150. The smallest absolute Gasteiger partial charge is 0.318 e. The average molecular weight is 186 g/mol. The van der Waals surface area contributed by atoms with E-state index in [1.807, 2.05) is 0 Å². The van der Waals surface area contributed by atoms with Crippen molar-refractivity contribution in [1.82, 2.24) is 0 Å². The second-order valence-electron chi connectivity index (χ2n) is 3.49. The van der Waals surface area contributed by atoms with E-state index in [9.17, 15) is 9.59 Å². The van der Waals surface area contributed by atoms with Crippen LogP contribution in [0.2, 0.25) is 0 Å². The summed E-state index contributed by atoms with van der Waals surface area (Å²) in [5, 5.41) is 0. The molecule has 1 aliphatic heterocycles. The van der Waals surface area contributed by atoms with Crippen LogP contribution in [-0.4, -0.2) is 30.6 Å². The van der Waals surface area contributed by atoms with Crippen LogP contribution in [0.1, 0.15) is 20.8 Å². The molecule has 13 heavy (non-hydrogen) atoms. The van der Waals surface area contributed by atoms with Crippen molar-refractivity contribution in [3.8, 4) is 0 Å². The summed E-state index contributed by atoms with van der Waals surface area (Å²) in [5.41, 5.74) is -0.836. The molecule has 0 bridgehead atoms. The Kier molecular flexibility index (Phi) is 2.71. The van der Waals surface area contributed by atoms with Crippen LogP contribution in [0.15, 0.2) is 0 Å². The summed E-state index contributed by atoms with van der Waals surface area (Å²) in [7, 11) is 0. The Balaban J connectivity index is 2.65. The van der Waals surface area contributed by atoms with Gasteiger partial charge in [-0.25, -0.2) is 0 Å². The third-order valence-electron chi connectivity index (χ3n) is 2.09. The van der Waals surface area contributed by atoms with Crippen molar-refractivity contribution in [2.75, 3.05) is 13.2 Å². The van der Waals surface area contributed by atoms with Gasteiger partial charge in [-0.2, -0.15) is 0 Å². The fraction of sp³-hybridized carbons (Fsp3) is 0.778. The van der Waals surface area contributed by atoms with Crippen molar-refractivity contribution >= 4 is 11.8 Å². The fourth-order valence-corrected chi connectivity index (χ4v) is 1.28. The number of carbonyl (C=O) groups excluding carboxylic acids is 2. The van der Waals surface area contributed by atoms with Crippen LogP contribution in [0.4, 0.5) is 0 Å². The van der Waals surface area contributed by atoms with Gasteiger partial charge in [0.05, 0.1) is 13.2 Å². The molecule has 74 valence electrons. The van der Waals surface area contributed by atoms with E-state index >= 15 is 0 Å². The fourth-order valence-electron chi connectivity index (χ4n) is 1.28. The first kappa shape index (κ1) is 10.2. The lowest BCUT2D eigenvalue weighted by Gasteiger charge is -2.13. The van der Waals surface area contributed by atoms with Crippen LogP contribution in [0.25, 0.3) is 0 Å². The average Bonchev–Trinajstić information content (AvgIpc) is 2.28. The number of carbonyl (C=O) groups is 2. The largest absolute Gasteiger partial charge is 0.465 e. The third kappa shape index (κ3) is 1.88. The highest BCUT2D eigenvalue weighted by Gasteiger charge is 2.46. The Bertz CT molecular complexity index is 232. The second-order valence-corrected chi connectivity index (χ2v) is 3.49. The van der Waals surface area contributed by atoms with E-state index in [2.05, 4.69) is 0 Å². The van der Waals surface area contributed by atoms with E-state index in [1.165, 1.54) is 0 Å². The molecular formula is C9H14O4. The molecule has 0 aliphatic carbocycles. The van der Waals surface area contributed by atoms with Gasteiger partial charge < -0.3 is 9.47 Å². The lowest BCUT2D eigenvalue weighted by Crippen LogP contribution is -2.33. The molecule has 1 fully saturated rings. The second kappa shape index (κ2) is 3.46. The molecule has 0 spiro atoms. The summed E-state index contributed by atoms with van der Waals surface area (Å²) >= 11 is 0. The normalized spacial score (nSPS) is 26.1. The molecule has 0 amide bonds. The molecule has 0 aromatic rings. The van der Waals surface area contributed by atoms with Crippen molar-refractivity contribution in [1.29, 1.82) is 0 Å². The van der Waals surface area contributed by atoms with E-state index in [4.69, 9.17) is 9.47 Å². The number of esters is 1. The van der Waals surface area contributed by atoms with Gasteiger partial charge in [0.2, 0.25) is 0 Å². The van der Waals surface area contributed by atoms with Crippen LogP contribution in [0.5, 0.6) is 0 Å². The van der Waals surface area contributed by atoms with Gasteiger partial charge in [-0.1, -0.05) is 0 Å². The predicted molar refractivity (Wildman–Crippen MR) is 45.2 cm³/mol. The van der Waals surface area contributed by atoms with E-state index in [0.717, 1.165) is 0 Å². The SMILES string of the molecule is CCOC(=O)[C@H]1COC(C)(C)C1=O. The quantitative estimate of drug-likeness (QED) is 0.466. The zero-order chi connectivity index (χ0) is 10.1. The van der Waals surface area contributed by atoms with Crippen LogP contribution in [0, 0.1) is 5.92 Å². The molecule has 0 aromatic carbocycles. The minimum Gasteiger partial charge on any atom is -0.465 e. The summed E-state index contributed by atoms with van der Waals surface area (Å²) < 4.78 is 9.93. The van der Waals surface area contributed by atoms with Crippen molar-refractivity contribution in [3.63, 3.8) is 0 Å². The molecular weight excluding hydrogens is 172 g/mol. The maximum Gasteiger partial charge on any atom is 0.318 e. The van der Waals surface area contributed by atoms with Gasteiger partial charge in [-0.05, 0) is 20.8 Å². The first-order chi connectivity index (χ1) is 5.99. The maximum absolute atomic E-state index is 11.5. The summed E-state index contributed by atoms with van der Waals surface area (Å²) in [6.45, 7) is 5.47. The molecule has 1 aliphatic rings. The van der Waals surface area contributed by atoms with Gasteiger partial charge in [-0.3, -0.25) is 9.59 Å². The van der Waals surface area contributed by atoms with Crippen LogP contribution < -0.4 is 0 Å². The highest BCUT2D eigenvalue weighted by molar-refractivity contribution is 6.04. The summed E-state index contributed by atoms with van der Waals surface area (Å²) in [6.07, 6.45) is 0. The third-order valence-corrected chi connectivity index (χ3v) is 2.09. The minimum atomic E-state index is -0.836. The zero-order valence-electron chi connectivity index (χ0n) is 8.12. The standard InChI is InChI=1S/C9H14O4/c1-4-12-8(11)6-5-13-9(2,3)7(6)10/h6H,4-5H2,1-3H3/t6-/m0/s1. The molecule has 0 aromatic heterocycles. The van der Waals surface area contributed by atoms with E-state index < -0.39 is 17.5 Å². The van der Waals surface area contributed by atoms with Gasteiger partial charge >= 0.3 is 5.97 Å². The van der Waals surface area contributed by atoms with Gasteiger partial charge in [-0.15, -0.1) is 0 Å². The van der Waals surface area contributed by atoms with Crippen molar-refractivity contribution in [3.05, 3.63) is 0 Å². The van der Waals surface area contributed by atoms with Crippen molar-refractivity contribution < 1.29 is 19.1 Å². The number of rotatable bonds is 2. The molecule has 1 saturated heterocycles. The highest BCUT2D eigenvalue weighted by Crippen LogP contribution is 2.26. The molecule has 0 N–H and O–H groups in total. The topological polar surface area (TPSA) is 52.6 Å². The first-order valence-electron chi connectivity index (χ1n) is 4.34. The van der Waals surface area contributed by atoms with Gasteiger partial charge in [0.1, 0.15) is 11.5 Å².